The molecule has 112 valence electrons. The number of rotatable bonds is 6. The summed E-state index contributed by atoms with van der Waals surface area (Å²) in [4.78, 5) is 16.1. The summed E-state index contributed by atoms with van der Waals surface area (Å²) in [6.07, 6.45) is 2.37. The number of ether oxygens (including phenoxy) is 2. The summed E-state index contributed by atoms with van der Waals surface area (Å²) < 4.78 is 12.0. The van der Waals surface area contributed by atoms with Gasteiger partial charge in [-0.05, 0) is 18.6 Å². The van der Waals surface area contributed by atoms with Crippen LogP contribution < -0.4 is 10.5 Å². The molecule has 0 aliphatic rings. The van der Waals surface area contributed by atoms with Gasteiger partial charge in [-0.1, -0.05) is 6.92 Å². The van der Waals surface area contributed by atoms with E-state index in [2.05, 4.69) is 10.1 Å². The Hall–Kier alpha value is -2.57. The van der Waals surface area contributed by atoms with E-state index in [0.29, 0.717) is 22.8 Å². The summed E-state index contributed by atoms with van der Waals surface area (Å²) in [5.41, 5.74) is 6.49. The number of nitrogen functional groups attached to an aromatic ring is 1. The molecule has 0 unspecified atom stereocenters. The van der Waals surface area contributed by atoms with Crippen LogP contribution in [0, 0.1) is 0 Å². The largest absolute Gasteiger partial charge is 0.497 e. The smallest absolute Gasteiger partial charge is 0.338 e. The number of esters is 1. The second kappa shape index (κ2) is 6.74. The van der Waals surface area contributed by atoms with Crippen molar-refractivity contribution >= 4 is 11.7 Å². The lowest BCUT2D eigenvalue weighted by atomic mass is 10.2. The Labute approximate surface area is 122 Å². The molecule has 0 aliphatic carbocycles. The number of nitrogens with two attached hydrogens (primary N) is 1. The summed E-state index contributed by atoms with van der Waals surface area (Å²) in [5, 5.41) is 4.07. The van der Waals surface area contributed by atoms with Crippen molar-refractivity contribution in [2.24, 2.45) is 0 Å². The molecule has 0 aliphatic heterocycles. The fourth-order valence-corrected chi connectivity index (χ4v) is 1.87. The molecule has 2 N–H and O–H groups in total. The molecule has 0 saturated carbocycles. The summed E-state index contributed by atoms with van der Waals surface area (Å²) >= 11 is 0. The Kier molecular flexibility index (Phi) is 4.76. The molecular formula is C14H18N4O3. The minimum Gasteiger partial charge on any atom is -0.497 e. The fourth-order valence-electron chi connectivity index (χ4n) is 1.87. The highest BCUT2D eigenvalue weighted by Gasteiger charge is 2.12. The van der Waals surface area contributed by atoms with E-state index in [0.717, 1.165) is 13.0 Å². The molecule has 2 rings (SSSR count). The second-order valence-corrected chi connectivity index (χ2v) is 4.47. The molecule has 0 bridgehead atoms. The topological polar surface area (TPSA) is 92.3 Å². The van der Waals surface area contributed by atoms with E-state index in [1.807, 2.05) is 6.92 Å². The summed E-state index contributed by atoms with van der Waals surface area (Å²) in [6, 6.07) is 4.76. The van der Waals surface area contributed by atoms with E-state index in [9.17, 15) is 4.79 Å². The molecular weight excluding hydrogens is 272 g/mol. The van der Waals surface area contributed by atoms with Crippen LogP contribution in [0.25, 0.3) is 0 Å². The lowest BCUT2D eigenvalue weighted by molar-refractivity contribution is 0.0456. The van der Waals surface area contributed by atoms with Gasteiger partial charge < -0.3 is 15.2 Å². The predicted molar refractivity (Wildman–Crippen MR) is 76.8 cm³/mol. The average molecular weight is 290 g/mol. The maximum Gasteiger partial charge on any atom is 0.338 e. The van der Waals surface area contributed by atoms with Crippen LogP contribution in [0.5, 0.6) is 5.75 Å². The monoisotopic (exact) mass is 290 g/mol. The predicted octanol–water partition coefficient (Wildman–Crippen LogP) is 1.64. The van der Waals surface area contributed by atoms with E-state index in [4.69, 9.17) is 15.2 Å². The molecule has 1 heterocycles. The molecule has 0 amide bonds. The van der Waals surface area contributed by atoms with Gasteiger partial charge in [0.1, 0.15) is 12.1 Å². The first-order chi connectivity index (χ1) is 10.1. The van der Waals surface area contributed by atoms with Gasteiger partial charge in [0, 0.05) is 18.3 Å². The Balaban J connectivity index is 2.04. The molecule has 0 fully saturated rings. The normalized spacial score (nSPS) is 10.4. The van der Waals surface area contributed by atoms with Crippen LogP contribution in [0.3, 0.4) is 0 Å². The maximum atomic E-state index is 12.0. The van der Waals surface area contributed by atoms with E-state index in [1.165, 1.54) is 13.4 Å². The van der Waals surface area contributed by atoms with Crippen LogP contribution in [0.4, 0.5) is 5.69 Å². The number of methoxy groups -OCH3 is 1. The highest BCUT2D eigenvalue weighted by molar-refractivity contribution is 5.91. The fraction of sp³-hybridized carbons (Fsp3) is 0.357. The number of hydrogen-bond donors (Lipinski definition) is 1. The SMILES string of the molecule is CCCn1ncnc1COC(=O)c1cc(N)cc(OC)c1. The second-order valence-electron chi connectivity index (χ2n) is 4.47. The minimum absolute atomic E-state index is 0.0654. The van der Waals surface area contributed by atoms with Crippen LogP contribution in [0.15, 0.2) is 24.5 Å². The summed E-state index contributed by atoms with van der Waals surface area (Å²) in [6.45, 7) is 2.84. The molecule has 2 aromatic rings. The first-order valence-corrected chi connectivity index (χ1v) is 6.62. The first kappa shape index (κ1) is 14.8. The lowest BCUT2D eigenvalue weighted by Gasteiger charge is -2.08. The number of carbonyl (C=O) groups is 1. The van der Waals surface area contributed by atoms with Crippen molar-refractivity contribution in [3.05, 3.63) is 35.9 Å². The highest BCUT2D eigenvalue weighted by atomic mass is 16.5. The molecule has 21 heavy (non-hydrogen) atoms. The quantitative estimate of drug-likeness (QED) is 0.642. The maximum absolute atomic E-state index is 12.0. The molecule has 1 aromatic carbocycles. The van der Waals surface area contributed by atoms with Gasteiger partial charge in [0.05, 0.1) is 12.7 Å². The van der Waals surface area contributed by atoms with Gasteiger partial charge in [0.2, 0.25) is 0 Å². The van der Waals surface area contributed by atoms with Gasteiger partial charge in [0.25, 0.3) is 0 Å². The molecule has 1 aromatic heterocycles. The lowest BCUT2D eigenvalue weighted by Crippen LogP contribution is -2.11. The molecule has 7 nitrogen and oxygen atoms in total. The van der Waals surface area contributed by atoms with Gasteiger partial charge in [-0.25, -0.2) is 14.5 Å². The molecule has 0 saturated heterocycles. The molecule has 0 atom stereocenters. The van der Waals surface area contributed by atoms with E-state index in [-0.39, 0.29) is 6.61 Å². The third kappa shape index (κ3) is 3.71. The Morgan fingerprint density at radius 2 is 2.19 bits per heavy atom. The Morgan fingerprint density at radius 3 is 2.90 bits per heavy atom. The van der Waals surface area contributed by atoms with Crippen LogP contribution >= 0.6 is 0 Å². The number of aromatic nitrogens is 3. The number of benzene rings is 1. The van der Waals surface area contributed by atoms with Gasteiger partial charge in [-0.15, -0.1) is 0 Å². The van der Waals surface area contributed by atoms with Crippen molar-refractivity contribution in [3.8, 4) is 5.75 Å². The van der Waals surface area contributed by atoms with Gasteiger partial charge >= 0.3 is 5.97 Å². The van der Waals surface area contributed by atoms with Crippen LogP contribution in [-0.4, -0.2) is 27.8 Å². The van der Waals surface area contributed by atoms with Gasteiger partial charge in [0.15, 0.2) is 12.4 Å². The standard InChI is InChI=1S/C14H18N4O3/c1-3-4-18-13(16-9-17-18)8-21-14(19)10-5-11(15)7-12(6-10)20-2/h5-7,9H,3-4,8,15H2,1-2H3. The molecule has 0 spiro atoms. The molecule has 0 radical (unpaired) electrons. The average Bonchev–Trinajstić information content (AvgIpc) is 2.91. The number of carbonyl (C=O) groups excluding carboxylic acids is 1. The Bertz CT molecular complexity index is 624. The molecule has 7 heteroatoms. The van der Waals surface area contributed by atoms with Crippen molar-refractivity contribution in [1.29, 1.82) is 0 Å². The zero-order valence-corrected chi connectivity index (χ0v) is 12.1. The van der Waals surface area contributed by atoms with Gasteiger partial charge in [-0.2, -0.15) is 5.10 Å². The zero-order valence-electron chi connectivity index (χ0n) is 12.1. The number of anilines is 1. The third-order valence-electron chi connectivity index (χ3n) is 2.86. The van der Waals surface area contributed by atoms with Crippen LogP contribution in [-0.2, 0) is 17.9 Å². The highest BCUT2D eigenvalue weighted by Crippen LogP contribution is 2.19. The first-order valence-electron chi connectivity index (χ1n) is 6.62. The van der Waals surface area contributed by atoms with Crippen molar-refractivity contribution in [1.82, 2.24) is 14.8 Å². The van der Waals surface area contributed by atoms with Crippen molar-refractivity contribution < 1.29 is 14.3 Å². The zero-order chi connectivity index (χ0) is 15.2. The Morgan fingerprint density at radius 1 is 1.38 bits per heavy atom. The summed E-state index contributed by atoms with van der Waals surface area (Å²) in [5.74, 6) is 0.642. The van der Waals surface area contributed by atoms with Crippen LogP contribution in [0.2, 0.25) is 0 Å². The van der Waals surface area contributed by atoms with Gasteiger partial charge in [-0.3, -0.25) is 0 Å². The van der Waals surface area contributed by atoms with E-state index < -0.39 is 5.97 Å². The van der Waals surface area contributed by atoms with Crippen molar-refractivity contribution in [2.75, 3.05) is 12.8 Å². The van der Waals surface area contributed by atoms with E-state index in [1.54, 1.807) is 22.9 Å². The summed E-state index contributed by atoms with van der Waals surface area (Å²) in [7, 11) is 1.51. The van der Waals surface area contributed by atoms with Crippen molar-refractivity contribution in [3.63, 3.8) is 0 Å². The third-order valence-corrected chi connectivity index (χ3v) is 2.86. The number of hydrogen-bond acceptors (Lipinski definition) is 6. The number of aryl methyl sites for hydroxylation is 1. The van der Waals surface area contributed by atoms with Crippen LogP contribution in [0.1, 0.15) is 29.5 Å². The van der Waals surface area contributed by atoms with Crippen molar-refractivity contribution in [2.45, 2.75) is 26.5 Å². The van der Waals surface area contributed by atoms with E-state index >= 15 is 0 Å². The number of nitrogens with zero attached hydrogens (tertiary/aromatic N) is 3. The minimum atomic E-state index is -0.480.